The summed E-state index contributed by atoms with van der Waals surface area (Å²) < 4.78 is 26.6. The van der Waals surface area contributed by atoms with Crippen LogP contribution in [0.25, 0.3) is 0 Å². The number of anilines is 1. The van der Waals surface area contributed by atoms with Gasteiger partial charge in [0.1, 0.15) is 0 Å². The topological polar surface area (TPSA) is 101 Å². The SMILES string of the molecule is Cc1cccc(C(=O)Nc2nnc(S(=O)(=O)NC(C)(C)C)s2)c1. The van der Waals surface area contributed by atoms with Crippen molar-refractivity contribution in [3.8, 4) is 0 Å². The Hall–Kier alpha value is -1.84. The van der Waals surface area contributed by atoms with Crippen LogP contribution in [0.1, 0.15) is 36.7 Å². The van der Waals surface area contributed by atoms with E-state index in [-0.39, 0.29) is 15.4 Å². The Bertz CT molecular complexity index is 823. The maximum Gasteiger partial charge on any atom is 0.270 e. The summed E-state index contributed by atoms with van der Waals surface area (Å²) in [5.41, 5.74) is 0.792. The van der Waals surface area contributed by atoms with Gasteiger partial charge in [-0.05, 0) is 39.8 Å². The van der Waals surface area contributed by atoms with Crippen LogP contribution in [0, 0.1) is 6.92 Å². The average Bonchev–Trinajstić information content (AvgIpc) is 2.85. The molecule has 124 valence electrons. The van der Waals surface area contributed by atoms with Crippen molar-refractivity contribution in [2.45, 2.75) is 37.6 Å². The first-order valence-electron chi connectivity index (χ1n) is 6.82. The van der Waals surface area contributed by atoms with Gasteiger partial charge in [0, 0.05) is 11.1 Å². The highest BCUT2D eigenvalue weighted by Crippen LogP contribution is 2.21. The van der Waals surface area contributed by atoms with Gasteiger partial charge >= 0.3 is 0 Å². The minimum Gasteiger partial charge on any atom is -0.296 e. The summed E-state index contributed by atoms with van der Waals surface area (Å²) in [5, 5.41) is 10.0. The standard InChI is InChI=1S/C14H18N4O3S2/c1-9-6-5-7-10(8-9)11(19)15-12-16-17-13(22-12)23(20,21)18-14(2,3)4/h5-8,18H,1-4H3,(H,15,16,19). The first-order chi connectivity index (χ1) is 10.6. The Balaban J connectivity index is 2.15. The quantitative estimate of drug-likeness (QED) is 0.820. The fraction of sp³-hybridized carbons (Fsp3) is 0.357. The van der Waals surface area contributed by atoms with E-state index in [2.05, 4.69) is 20.2 Å². The lowest BCUT2D eigenvalue weighted by Crippen LogP contribution is -2.40. The van der Waals surface area contributed by atoms with Crippen LogP contribution in [0.4, 0.5) is 5.13 Å². The molecule has 7 nitrogen and oxygen atoms in total. The molecule has 0 atom stereocenters. The summed E-state index contributed by atoms with van der Waals surface area (Å²) in [6.45, 7) is 7.06. The zero-order chi connectivity index (χ0) is 17.3. The average molecular weight is 354 g/mol. The van der Waals surface area contributed by atoms with Gasteiger partial charge in [-0.2, -0.15) is 0 Å². The van der Waals surface area contributed by atoms with Crippen LogP contribution >= 0.6 is 11.3 Å². The molecule has 23 heavy (non-hydrogen) atoms. The van der Waals surface area contributed by atoms with E-state index in [9.17, 15) is 13.2 Å². The summed E-state index contributed by atoms with van der Waals surface area (Å²) in [6.07, 6.45) is 0. The van der Waals surface area contributed by atoms with E-state index in [0.717, 1.165) is 16.9 Å². The molecule has 0 saturated heterocycles. The van der Waals surface area contributed by atoms with E-state index in [4.69, 9.17) is 0 Å². The Morgan fingerprint density at radius 2 is 1.91 bits per heavy atom. The number of rotatable bonds is 4. The summed E-state index contributed by atoms with van der Waals surface area (Å²) in [6, 6.07) is 7.05. The molecule has 1 aromatic heterocycles. The fourth-order valence-electron chi connectivity index (χ4n) is 1.77. The Labute approximate surface area is 139 Å². The molecule has 0 aliphatic carbocycles. The molecule has 0 bridgehead atoms. The highest BCUT2D eigenvalue weighted by atomic mass is 32.2. The Kier molecular flexibility index (Phi) is 4.83. The largest absolute Gasteiger partial charge is 0.296 e. The number of carbonyl (C=O) groups excluding carboxylic acids is 1. The van der Waals surface area contributed by atoms with Gasteiger partial charge < -0.3 is 0 Å². The molecule has 1 amide bonds. The molecule has 0 aliphatic heterocycles. The van der Waals surface area contributed by atoms with E-state index in [1.165, 1.54) is 0 Å². The molecule has 0 aliphatic rings. The third-order valence-corrected chi connectivity index (χ3v) is 5.54. The van der Waals surface area contributed by atoms with Crippen molar-refractivity contribution in [3.63, 3.8) is 0 Å². The van der Waals surface area contributed by atoms with E-state index >= 15 is 0 Å². The first-order valence-corrected chi connectivity index (χ1v) is 9.12. The Morgan fingerprint density at radius 3 is 2.52 bits per heavy atom. The molecular formula is C14H18N4O3S2. The minimum absolute atomic E-state index is 0.130. The smallest absolute Gasteiger partial charge is 0.270 e. The monoisotopic (exact) mass is 354 g/mol. The number of nitrogens with one attached hydrogen (secondary N) is 2. The maximum absolute atomic E-state index is 12.1. The molecule has 2 rings (SSSR count). The van der Waals surface area contributed by atoms with E-state index < -0.39 is 15.6 Å². The van der Waals surface area contributed by atoms with Crippen molar-refractivity contribution < 1.29 is 13.2 Å². The van der Waals surface area contributed by atoms with Gasteiger partial charge in [0.05, 0.1) is 0 Å². The molecular weight excluding hydrogens is 336 g/mol. The van der Waals surface area contributed by atoms with Crippen LogP contribution in [0.3, 0.4) is 0 Å². The molecule has 0 fully saturated rings. The highest BCUT2D eigenvalue weighted by molar-refractivity contribution is 7.91. The first kappa shape index (κ1) is 17.5. The van der Waals surface area contributed by atoms with E-state index in [1.807, 2.05) is 13.0 Å². The van der Waals surface area contributed by atoms with Gasteiger partial charge in [0.25, 0.3) is 15.9 Å². The van der Waals surface area contributed by atoms with Crippen LogP contribution < -0.4 is 10.0 Å². The number of benzene rings is 1. The van der Waals surface area contributed by atoms with Crippen molar-refractivity contribution in [1.82, 2.24) is 14.9 Å². The van der Waals surface area contributed by atoms with Crippen molar-refractivity contribution in [2.75, 3.05) is 5.32 Å². The molecule has 1 heterocycles. The van der Waals surface area contributed by atoms with Gasteiger partial charge in [-0.1, -0.05) is 29.0 Å². The van der Waals surface area contributed by atoms with Gasteiger partial charge in [-0.25, -0.2) is 13.1 Å². The lowest BCUT2D eigenvalue weighted by molar-refractivity contribution is 0.102. The second-order valence-electron chi connectivity index (χ2n) is 6.05. The van der Waals surface area contributed by atoms with Crippen molar-refractivity contribution in [3.05, 3.63) is 35.4 Å². The summed E-state index contributed by atoms with van der Waals surface area (Å²) in [4.78, 5) is 12.1. The lowest BCUT2D eigenvalue weighted by Gasteiger charge is -2.18. The highest BCUT2D eigenvalue weighted by Gasteiger charge is 2.26. The molecule has 9 heteroatoms. The zero-order valence-electron chi connectivity index (χ0n) is 13.2. The van der Waals surface area contributed by atoms with Gasteiger partial charge in [-0.15, -0.1) is 10.2 Å². The van der Waals surface area contributed by atoms with Crippen LogP contribution in [-0.4, -0.2) is 30.1 Å². The summed E-state index contributed by atoms with van der Waals surface area (Å²) in [5.74, 6) is -0.363. The van der Waals surface area contributed by atoms with Crippen LogP contribution in [0.5, 0.6) is 0 Å². The van der Waals surface area contributed by atoms with Gasteiger partial charge in [0.15, 0.2) is 0 Å². The summed E-state index contributed by atoms with van der Waals surface area (Å²) >= 11 is 0.803. The third-order valence-electron chi connectivity index (χ3n) is 2.58. The normalized spacial score (nSPS) is 12.2. The van der Waals surface area contributed by atoms with Crippen LogP contribution in [0.2, 0.25) is 0 Å². The number of sulfonamides is 1. The fourth-order valence-corrected chi connectivity index (χ4v) is 4.09. The van der Waals surface area contributed by atoms with Gasteiger partial charge in [-0.3, -0.25) is 10.1 Å². The number of hydrogen-bond donors (Lipinski definition) is 2. The number of carbonyl (C=O) groups is 1. The molecule has 2 aromatic rings. The second-order valence-corrected chi connectivity index (χ2v) is 8.89. The van der Waals surface area contributed by atoms with Crippen LogP contribution in [-0.2, 0) is 10.0 Å². The maximum atomic E-state index is 12.1. The third kappa shape index (κ3) is 4.81. The summed E-state index contributed by atoms with van der Waals surface area (Å²) in [7, 11) is -3.76. The van der Waals surface area contributed by atoms with Gasteiger partial charge in [0.2, 0.25) is 9.47 Å². The number of amides is 1. The number of nitrogens with zero attached hydrogens (tertiary/aromatic N) is 2. The number of hydrogen-bond acceptors (Lipinski definition) is 6. The number of aromatic nitrogens is 2. The van der Waals surface area contributed by atoms with Crippen molar-refractivity contribution >= 4 is 32.4 Å². The lowest BCUT2D eigenvalue weighted by atomic mass is 10.1. The minimum atomic E-state index is -3.76. The predicted molar refractivity (Wildman–Crippen MR) is 89.1 cm³/mol. The molecule has 0 saturated carbocycles. The Morgan fingerprint density at radius 1 is 1.22 bits per heavy atom. The molecule has 1 aromatic carbocycles. The molecule has 2 N–H and O–H groups in total. The molecule has 0 spiro atoms. The predicted octanol–water partition coefficient (Wildman–Crippen LogP) is 2.18. The zero-order valence-corrected chi connectivity index (χ0v) is 14.9. The van der Waals surface area contributed by atoms with Crippen LogP contribution in [0.15, 0.2) is 28.6 Å². The second kappa shape index (κ2) is 6.34. The molecule has 0 unspecified atom stereocenters. The van der Waals surface area contributed by atoms with E-state index in [1.54, 1.807) is 39.0 Å². The molecule has 0 radical (unpaired) electrons. The number of aryl methyl sites for hydroxylation is 1. The van der Waals surface area contributed by atoms with Crippen molar-refractivity contribution in [2.24, 2.45) is 0 Å². The van der Waals surface area contributed by atoms with E-state index in [0.29, 0.717) is 5.56 Å². The van der Waals surface area contributed by atoms with Crippen molar-refractivity contribution in [1.29, 1.82) is 0 Å².